The predicted molar refractivity (Wildman–Crippen MR) is 406 cm³/mol. The number of fused-ring (bicyclic) bond motifs is 1. The largest absolute Gasteiger partial charge is 0.323 e. The third-order valence-electron chi connectivity index (χ3n) is 14.0. The molecule has 107 heavy (non-hydrogen) atoms. The summed E-state index contributed by atoms with van der Waals surface area (Å²) in [5.74, 6) is -5.57. The second-order valence-corrected chi connectivity index (χ2v) is 46.5. The number of rotatable bonds is 20. The first-order valence-corrected chi connectivity index (χ1v) is 46.7. The van der Waals surface area contributed by atoms with Crippen LogP contribution in [-0.4, -0.2) is 95.8 Å². The van der Waals surface area contributed by atoms with Gasteiger partial charge in [-0.2, -0.15) is 0 Å². The van der Waals surface area contributed by atoms with E-state index in [2.05, 4.69) is 130 Å². The van der Waals surface area contributed by atoms with E-state index in [0.29, 0.717) is 25.6 Å². The van der Waals surface area contributed by atoms with E-state index in [4.69, 9.17) is 15.1 Å². The van der Waals surface area contributed by atoms with Crippen LogP contribution >= 0.6 is 69.2 Å². The zero-order chi connectivity index (χ0) is 83.2. The molecule has 0 aliphatic heterocycles. The first kappa shape index (κ1) is 104. The molecule has 0 fully saturated rings. The predicted octanol–water partition coefficient (Wildman–Crippen LogP) is 19.3. The average molecular weight is 1930 g/mol. The van der Waals surface area contributed by atoms with Crippen molar-refractivity contribution in [3.05, 3.63) is 182 Å². The van der Waals surface area contributed by atoms with Crippen molar-refractivity contribution in [2.75, 3.05) is 0 Å². The van der Waals surface area contributed by atoms with Crippen LogP contribution in [0.15, 0.2) is 97.0 Å². The zero-order valence-corrected chi connectivity index (χ0v) is 72.0. The van der Waals surface area contributed by atoms with Crippen molar-refractivity contribution in [1.82, 2.24) is 44.2 Å². The molecule has 0 radical (unpaired) electrons. The topological polar surface area (TPSA) is 299 Å². The summed E-state index contributed by atoms with van der Waals surface area (Å²) in [6.45, 7) is 23.5. The van der Waals surface area contributed by atoms with Crippen LogP contribution < -0.4 is 26.7 Å². The van der Waals surface area contributed by atoms with Gasteiger partial charge >= 0.3 is 107 Å². The molecule has 7 heterocycles. The van der Waals surface area contributed by atoms with Crippen LogP contribution in [0.1, 0.15) is 221 Å². The summed E-state index contributed by atoms with van der Waals surface area (Å²) in [5, 5.41) is 5.43. The van der Waals surface area contributed by atoms with Gasteiger partial charge in [0, 0.05) is 72.4 Å². The Labute approximate surface area is 657 Å². The maximum absolute atomic E-state index is 13.8. The SMILES string of the molecule is CC(=O)c1nccc(C(F)F)c1F.CC(C)(C)S(N)=O.CCC[CH2][Sn]([CH2]CCC)([CH2]CCC)[C](C)=O.C[C@@H](N)c1nccc(C(F)F)c1F.C[C@@H](N[S@](=O)C(C)(C)C)c1nccc(C(F)F)c1F.Cn1c(=O)c(Br)cc2c(=O)[nH]cnc21.Fc1c(C(F)F)ccnc1Br.O=Cc1ccnc(Br)c1F.O=S(Cl)Cl. The number of aldehydes is 1. The van der Waals surface area contributed by atoms with Crippen molar-refractivity contribution < 1.29 is 84.1 Å². The number of carbonyl (C=O) groups is 3. The Morgan fingerprint density at radius 1 is 0.626 bits per heavy atom. The molecule has 19 nitrogen and oxygen atoms in total. The third kappa shape index (κ3) is 37.8. The summed E-state index contributed by atoms with van der Waals surface area (Å²) < 4.78 is 202. The van der Waals surface area contributed by atoms with E-state index in [1.54, 1.807) is 27.8 Å². The molecule has 6 N–H and O–H groups in total. The van der Waals surface area contributed by atoms with Gasteiger partial charge in [-0.15, -0.1) is 0 Å². The first-order chi connectivity index (χ1) is 49.5. The number of carbonyl (C=O) groups excluding carboxylic acids is 3. The number of Topliss-reactive ketones (excluding diaryl/α,β-unsaturated/α-hetero) is 1. The van der Waals surface area contributed by atoms with Crippen LogP contribution in [-0.2, 0) is 43.0 Å². The number of ketones is 1. The second kappa shape index (κ2) is 52.3. The number of H-pyrrole nitrogens is 1. The van der Waals surface area contributed by atoms with Gasteiger partial charge in [0.15, 0.2) is 41.2 Å². The molecule has 41 heteroatoms. The molecule has 0 amide bonds. The van der Waals surface area contributed by atoms with Crippen molar-refractivity contribution in [2.24, 2.45) is 17.9 Å². The van der Waals surface area contributed by atoms with Crippen molar-refractivity contribution in [2.45, 2.75) is 189 Å². The van der Waals surface area contributed by atoms with Gasteiger partial charge < -0.3 is 10.7 Å². The molecule has 0 saturated carbocycles. The van der Waals surface area contributed by atoms with Gasteiger partial charge in [0.05, 0.1) is 92.9 Å². The van der Waals surface area contributed by atoms with Gasteiger partial charge in [-0.25, -0.2) is 89.4 Å². The number of nitrogens with two attached hydrogens (primary N) is 2. The average Bonchev–Trinajstić information content (AvgIpc) is 0.795. The van der Waals surface area contributed by atoms with Crippen LogP contribution in [0, 0.1) is 29.1 Å². The summed E-state index contributed by atoms with van der Waals surface area (Å²) in [7, 11) is 6.31. The minimum Gasteiger partial charge on any atom is -0.323 e. The first-order valence-electron chi connectivity index (χ1n) is 31.7. The van der Waals surface area contributed by atoms with Gasteiger partial charge in [-0.3, -0.25) is 43.8 Å². The molecule has 0 aromatic carbocycles. The molecule has 7 aromatic rings. The summed E-state index contributed by atoms with van der Waals surface area (Å²) in [6, 6.07) is 5.08. The Balaban J connectivity index is 0. The fraction of sp³-hybridized carbons (Fsp3) is 0.470. The van der Waals surface area contributed by atoms with E-state index < -0.39 is 155 Å². The number of nitrogens with zero attached hydrogens (tertiary/aromatic N) is 7. The van der Waals surface area contributed by atoms with Crippen molar-refractivity contribution in [3.63, 3.8) is 0 Å². The van der Waals surface area contributed by atoms with Crippen LogP contribution in [0.3, 0.4) is 0 Å². The number of aromatic nitrogens is 8. The molecule has 7 aromatic heterocycles. The number of nitrogens with one attached hydrogen (secondary N) is 2. The zero-order valence-electron chi connectivity index (χ0n) is 60.4. The van der Waals surface area contributed by atoms with Crippen molar-refractivity contribution >= 4 is 146 Å². The number of hydrogen-bond donors (Lipinski definition) is 4. The van der Waals surface area contributed by atoms with Crippen LogP contribution in [0.5, 0.6) is 0 Å². The monoisotopic (exact) mass is 1930 g/mol. The van der Waals surface area contributed by atoms with E-state index in [-0.39, 0.29) is 42.0 Å². The minimum atomic E-state index is -2.93. The van der Waals surface area contributed by atoms with Gasteiger partial charge in [-0.05, 0) is 140 Å². The number of aromatic amines is 1. The van der Waals surface area contributed by atoms with Crippen molar-refractivity contribution in [1.29, 1.82) is 0 Å². The molecular formula is C66H85Br3Cl2F13N11O8S3Sn. The van der Waals surface area contributed by atoms with Crippen LogP contribution in [0.4, 0.5) is 57.1 Å². The molecular weight excluding hydrogens is 1850 g/mol. The molecule has 1 unspecified atom stereocenters. The molecule has 0 aliphatic rings. The second-order valence-electron chi connectivity index (χ2n) is 24.2. The van der Waals surface area contributed by atoms with E-state index in [0.717, 1.165) is 56.0 Å². The quantitative estimate of drug-likeness (QED) is 0.0138. The van der Waals surface area contributed by atoms with Crippen LogP contribution in [0.25, 0.3) is 11.0 Å². The van der Waals surface area contributed by atoms with Gasteiger partial charge in [0.1, 0.15) is 20.5 Å². The third-order valence-corrected chi connectivity index (χ3v) is 34.0. The summed E-state index contributed by atoms with van der Waals surface area (Å²) in [5.41, 5.74) is 1.66. The number of hydrogen-bond acceptors (Lipinski definition) is 15. The Morgan fingerprint density at radius 2 is 1.00 bits per heavy atom. The van der Waals surface area contributed by atoms with E-state index >= 15 is 0 Å². The summed E-state index contributed by atoms with van der Waals surface area (Å²) in [6.07, 6.45) is 3.62. The standard InChI is InChI=1S/C12H17F3N2OS.C8H6BrN3O2.C8H9F3N2.C8H6F3NO.C6H3BrF3N.C6H3BrFNO.C4H11NOS.3C4H9.C2H3O.Cl2OS.Sn/c1-7(17-19(18)12(2,3)4)10-9(13)8(11(14)15)5-6-16-10;1-12-6-4(2-5(9)8(12)14)7(13)11-3-10-6;1-4(12)7-6(9)5(8(10)11)2-3-13-7;1-4(13)7-6(9)5(8(10)11)2-3-12-7;7-5-4(8)3(6(9)10)1-2-11-5;7-6-5(8)4(3-10)1-2-9-6;1-4(2,3)7(5)6;3*1-3-4-2;1-2-3;1-4(2)3;/h5-7,11,17H,1-4H3;2-3H,1H3,(H,10,11,13);2-4,8H,12H2,1H3;2-3,8H,1H3;1-2,6H;1-3H;5H2,1-3H3;3*1,3-4H2,2H3;1H3;;/t7-,19-;;4-;;;;;;;;;;/m1.1........../s1. The van der Waals surface area contributed by atoms with Gasteiger partial charge in [-0.1, -0.05) is 0 Å². The Hall–Kier alpha value is -4.91. The van der Waals surface area contributed by atoms with E-state index in [1.807, 2.05) is 27.7 Å². The molecule has 600 valence electrons. The molecule has 7 rings (SSSR count). The molecule has 0 aliphatic carbocycles. The fourth-order valence-electron chi connectivity index (χ4n) is 7.99. The normalized spacial score (nSPS) is 12.2. The number of aryl methyl sites for hydroxylation is 1. The fourth-order valence-corrected chi connectivity index (χ4v) is 23.9. The number of unbranched alkanes of at least 4 members (excludes halogenated alkanes) is 3. The van der Waals surface area contributed by atoms with E-state index in [1.165, 1.54) is 94.9 Å². The molecule has 0 spiro atoms. The Morgan fingerprint density at radius 3 is 1.36 bits per heavy atom. The molecule has 0 bridgehead atoms. The molecule has 0 saturated heterocycles. The van der Waals surface area contributed by atoms with Crippen molar-refractivity contribution in [3.8, 4) is 0 Å². The summed E-state index contributed by atoms with van der Waals surface area (Å²) >= 11 is 6.24. The van der Waals surface area contributed by atoms with Gasteiger partial charge in [0.2, 0.25) is 9.23 Å². The number of alkyl halides is 8. The minimum absolute atomic E-state index is 0.0156. The molecule has 4 atom stereocenters. The van der Waals surface area contributed by atoms with Gasteiger partial charge in [0.25, 0.3) is 36.8 Å². The van der Waals surface area contributed by atoms with Crippen LogP contribution in [0.2, 0.25) is 13.3 Å². The number of halogens is 18. The summed E-state index contributed by atoms with van der Waals surface area (Å²) in [4.78, 5) is 79.8. The Kier molecular flexibility index (Phi) is 50.9. The maximum atomic E-state index is 13.8. The Bertz CT molecular complexity index is 4090. The maximum Gasteiger partial charge on any atom is 0.266 e. The number of pyridine rings is 6. The smallest absolute Gasteiger partial charge is 0.266 e. The van der Waals surface area contributed by atoms with E-state index in [9.17, 15) is 89.5 Å².